The highest BCUT2D eigenvalue weighted by molar-refractivity contribution is 7.25. The van der Waals surface area contributed by atoms with E-state index in [-0.39, 0.29) is 0 Å². The zero-order valence-corrected chi connectivity index (χ0v) is 28.2. The van der Waals surface area contributed by atoms with Gasteiger partial charge in [-0.1, -0.05) is 170 Å². The smallest absolute Gasteiger partial charge is 0.0546 e. The van der Waals surface area contributed by atoms with Crippen LogP contribution in [0.3, 0.4) is 0 Å². The number of benzene rings is 8. The molecule has 0 aliphatic rings. The summed E-state index contributed by atoms with van der Waals surface area (Å²) in [6, 6.07) is 72.4. The van der Waals surface area contributed by atoms with Crippen molar-refractivity contribution in [2.24, 2.45) is 0 Å². The Morgan fingerprint density at radius 1 is 0.320 bits per heavy atom. The molecule has 0 amide bonds. The minimum Gasteiger partial charge on any atom is -0.309 e. The fraction of sp³-hybridized carbons (Fsp3) is 0. The lowest BCUT2D eigenvalue weighted by atomic mass is 9.87. The van der Waals surface area contributed by atoms with Crippen molar-refractivity contribution >= 4 is 48.6 Å². The van der Waals surface area contributed by atoms with Crippen molar-refractivity contribution in [3.63, 3.8) is 0 Å². The number of hydrogen-bond acceptors (Lipinski definition) is 2. The topological polar surface area (TPSA) is 3.24 Å². The summed E-state index contributed by atoms with van der Waals surface area (Å²) in [5, 5.41) is 2.59. The van der Waals surface area contributed by atoms with E-state index in [9.17, 15) is 0 Å². The van der Waals surface area contributed by atoms with Gasteiger partial charge >= 0.3 is 0 Å². The van der Waals surface area contributed by atoms with Gasteiger partial charge in [0.05, 0.1) is 11.4 Å². The highest BCUT2D eigenvalue weighted by Gasteiger charge is 2.24. The summed E-state index contributed by atoms with van der Waals surface area (Å²) >= 11 is 1.86. The van der Waals surface area contributed by atoms with Crippen molar-refractivity contribution in [1.29, 1.82) is 0 Å². The van der Waals surface area contributed by atoms with Crippen LogP contribution in [0.15, 0.2) is 200 Å². The Morgan fingerprint density at radius 3 is 1.54 bits per heavy atom. The van der Waals surface area contributed by atoms with Crippen LogP contribution in [-0.4, -0.2) is 0 Å². The maximum Gasteiger partial charge on any atom is 0.0546 e. The molecule has 1 heterocycles. The summed E-state index contributed by atoms with van der Waals surface area (Å²) in [5.41, 5.74) is 12.9. The van der Waals surface area contributed by atoms with E-state index in [1.54, 1.807) is 0 Å². The molecule has 0 bridgehead atoms. The Balaban J connectivity index is 1.38. The summed E-state index contributed by atoms with van der Waals surface area (Å²) in [5.74, 6) is 0. The zero-order valence-electron chi connectivity index (χ0n) is 27.4. The summed E-state index contributed by atoms with van der Waals surface area (Å²) < 4.78 is 2.58. The maximum atomic E-state index is 2.48. The molecule has 0 fully saturated rings. The number of fused-ring (bicyclic) bond motifs is 3. The Morgan fingerprint density at radius 2 is 0.820 bits per heavy atom. The van der Waals surface area contributed by atoms with Crippen LogP contribution < -0.4 is 4.90 Å². The van der Waals surface area contributed by atoms with Crippen LogP contribution in [0.2, 0.25) is 0 Å². The Bertz CT molecular complexity index is 2590. The van der Waals surface area contributed by atoms with Gasteiger partial charge in [-0.15, -0.1) is 11.3 Å². The third-order valence-electron chi connectivity index (χ3n) is 9.50. The molecule has 0 atom stereocenters. The molecule has 50 heavy (non-hydrogen) atoms. The van der Waals surface area contributed by atoms with Crippen LogP contribution in [0.4, 0.5) is 17.1 Å². The van der Waals surface area contributed by atoms with Crippen molar-refractivity contribution in [1.82, 2.24) is 0 Å². The standard InChI is InChI=1S/C48H33NS/c1-4-17-34(18-5-1)38-23-10-11-26-43(38)48-40(36-21-8-3-9-22-36)27-16-29-45(48)49(44-28-14-12-24-39(44)35-19-6-2-7-20-35)37-31-32-42-41-25-13-15-30-46(41)50-47(42)33-37/h1-33H. The van der Waals surface area contributed by atoms with E-state index < -0.39 is 0 Å². The highest BCUT2D eigenvalue weighted by atomic mass is 32.1. The predicted octanol–water partition coefficient (Wildman–Crippen LogP) is 14.2. The van der Waals surface area contributed by atoms with E-state index in [2.05, 4.69) is 205 Å². The first-order chi connectivity index (χ1) is 24.8. The van der Waals surface area contributed by atoms with E-state index in [1.165, 1.54) is 64.7 Å². The largest absolute Gasteiger partial charge is 0.309 e. The molecule has 0 radical (unpaired) electrons. The molecular weight excluding hydrogens is 623 g/mol. The number of rotatable bonds is 7. The summed E-state index contributed by atoms with van der Waals surface area (Å²) in [4.78, 5) is 2.48. The average Bonchev–Trinajstić information content (AvgIpc) is 3.57. The van der Waals surface area contributed by atoms with Crippen LogP contribution in [0.25, 0.3) is 64.7 Å². The third kappa shape index (κ3) is 5.37. The first-order valence-corrected chi connectivity index (χ1v) is 17.8. The lowest BCUT2D eigenvalue weighted by molar-refractivity contribution is 1.29. The molecule has 0 aliphatic heterocycles. The van der Waals surface area contributed by atoms with Gasteiger partial charge in [0.25, 0.3) is 0 Å². The summed E-state index contributed by atoms with van der Waals surface area (Å²) in [7, 11) is 0. The first kappa shape index (κ1) is 29.9. The molecule has 0 spiro atoms. The molecule has 9 rings (SSSR count). The van der Waals surface area contributed by atoms with Crippen molar-refractivity contribution in [3.05, 3.63) is 200 Å². The number of anilines is 3. The van der Waals surface area contributed by atoms with Gasteiger partial charge in [0.2, 0.25) is 0 Å². The number of thiophene rings is 1. The molecule has 0 N–H and O–H groups in total. The second-order valence-electron chi connectivity index (χ2n) is 12.5. The molecule has 8 aromatic carbocycles. The van der Waals surface area contributed by atoms with Crippen LogP contribution in [0, 0.1) is 0 Å². The summed E-state index contributed by atoms with van der Waals surface area (Å²) in [6.45, 7) is 0. The van der Waals surface area contributed by atoms with Gasteiger partial charge in [0.1, 0.15) is 0 Å². The van der Waals surface area contributed by atoms with Crippen molar-refractivity contribution in [3.8, 4) is 44.5 Å². The summed E-state index contributed by atoms with van der Waals surface area (Å²) in [6.07, 6.45) is 0. The Kier molecular flexibility index (Phi) is 7.77. The zero-order chi connectivity index (χ0) is 33.3. The van der Waals surface area contributed by atoms with E-state index in [0.29, 0.717) is 0 Å². The minimum atomic E-state index is 1.12. The molecule has 9 aromatic rings. The first-order valence-electron chi connectivity index (χ1n) is 17.0. The predicted molar refractivity (Wildman–Crippen MR) is 216 cm³/mol. The molecular formula is C48H33NS. The fourth-order valence-corrected chi connectivity index (χ4v) is 8.37. The van der Waals surface area contributed by atoms with Crippen molar-refractivity contribution in [2.75, 3.05) is 4.90 Å². The lowest BCUT2D eigenvalue weighted by Crippen LogP contribution is -2.13. The lowest BCUT2D eigenvalue weighted by Gasteiger charge is -2.31. The van der Waals surface area contributed by atoms with Crippen molar-refractivity contribution < 1.29 is 0 Å². The van der Waals surface area contributed by atoms with Gasteiger partial charge in [-0.3, -0.25) is 0 Å². The SMILES string of the molecule is c1ccc(-c2ccccc2-c2c(-c3ccccc3)cccc2N(c2ccc3c(c2)sc2ccccc23)c2ccccc2-c2ccccc2)cc1. The molecule has 236 valence electrons. The van der Waals surface area contributed by atoms with Gasteiger partial charge in [-0.05, 0) is 63.7 Å². The number of para-hydroxylation sites is 1. The van der Waals surface area contributed by atoms with Gasteiger partial charge in [-0.25, -0.2) is 0 Å². The Hall–Kier alpha value is -6.22. The Labute approximate surface area is 297 Å². The monoisotopic (exact) mass is 655 g/mol. The quantitative estimate of drug-likeness (QED) is 0.165. The van der Waals surface area contributed by atoms with Crippen molar-refractivity contribution in [2.45, 2.75) is 0 Å². The normalized spacial score (nSPS) is 11.2. The molecule has 1 nitrogen and oxygen atoms in total. The van der Waals surface area contributed by atoms with Gasteiger partial charge < -0.3 is 4.90 Å². The third-order valence-corrected chi connectivity index (χ3v) is 10.6. The van der Waals surface area contributed by atoms with Crippen LogP contribution >= 0.6 is 11.3 Å². The van der Waals surface area contributed by atoms with Crippen LogP contribution in [0.5, 0.6) is 0 Å². The van der Waals surface area contributed by atoms with E-state index in [4.69, 9.17) is 0 Å². The second kappa shape index (κ2) is 13.0. The fourth-order valence-electron chi connectivity index (χ4n) is 7.23. The van der Waals surface area contributed by atoms with E-state index >= 15 is 0 Å². The van der Waals surface area contributed by atoms with Crippen LogP contribution in [0.1, 0.15) is 0 Å². The van der Waals surface area contributed by atoms with Gasteiger partial charge in [0, 0.05) is 37.0 Å². The molecule has 1 aromatic heterocycles. The molecule has 0 saturated carbocycles. The average molecular weight is 656 g/mol. The minimum absolute atomic E-state index is 1.12. The number of hydrogen-bond donors (Lipinski definition) is 0. The highest BCUT2D eigenvalue weighted by Crippen LogP contribution is 2.50. The van der Waals surface area contributed by atoms with E-state index in [1.807, 2.05) is 11.3 Å². The second-order valence-corrected chi connectivity index (χ2v) is 13.6. The molecule has 0 unspecified atom stereocenters. The van der Waals surface area contributed by atoms with Gasteiger partial charge in [0.15, 0.2) is 0 Å². The van der Waals surface area contributed by atoms with Crippen LogP contribution in [-0.2, 0) is 0 Å². The number of nitrogens with zero attached hydrogens (tertiary/aromatic N) is 1. The molecule has 0 saturated heterocycles. The molecule has 0 aliphatic carbocycles. The van der Waals surface area contributed by atoms with Gasteiger partial charge in [-0.2, -0.15) is 0 Å². The maximum absolute atomic E-state index is 2.48. The van der Waals surface area contributed by atoms with E-state index in [0.717, 1.165) is 17.1 Å². The molecule has 2 heteroatoms.